The van der Waals surface area contributed by atoms with Crippen LogP contribution in [-0.2, 0) is 0 Å². The second-order valence-corrected chi connectivity index (χ2v) is 15.7. The number of aromatic nitrogens is 6. The molecule has 0 spiro atoms. The van der Waals surface area contributed by atoms with Crippen LogP contribution >= 0.6 is 0 Å². The van der Waals surface area contributed by atoms with Gasteiger partial charge in [0.25, 0.3) is 0 Å². The Morgan fingerprint density at radius 2 is 1.18 bits per heavy atom. The highest BCUT2D eigenvalue weighted by Gasteiger charge is 2.38. The van der Waals surface area contributed by atoms with E-state index in [-0.39, 0.29) is 5.92 Å². The largest absolute Gasteiger partial charge is 0.380 e. The Morgan fingerprint density at radius 3 is 1.80 bits per heavy atom. The van der Waals surface area contributed by atoms with E-state index in [4.69, 9.17) is 29.9 Å². The minimum Gasteiger partial charge on any atom is -0.380 e. The Hall–Kier alpha value is -6.56. The Morgan fingerprint density at radius 1 is 0.607 bits per heavy atom. The van der Waals surface area contributed by atoms with Gasteiger partial charge in [-0.15, -0.1) is 0 Å². The molecule has 2 saturated carbocycles. The van der Waals surface area contributed by atoms with Crippen LogP contribution in [0.3, 0.4) is 0 Å². The number of imidazole rings is 2. The minimum atomic E-state index is -0.188. The van der Waals surface area contributed by atoms with Crippen LogP contribution in [0.4, 0.5) is 11.4 Å². The lowest BCUT2D eigenvalue weighted by Gasteiger charge is -2.19. The topological polar surface area (TPSA) is 119 Å². The van der Waals surface area contributed by atoms with Crippen LogP contribution in [0.1, 0.15) is 57.8 Å². The summed E-state index contributed by atoms with van der Waals surface area (Å²) in [6.45, 7) is 0. The predicted octanol–water partition coefficient (Wildman–Crippen LogP) is 8.53. The monoisotopic (exact) mass is 736 g/mol. The Labute approximate surface area is 323 Å². The van der Waals surface area contributed by atoms with Crippen LogP contribution in [0.15, 0.2) is 135 Å². The molecule has 0 amide bonds. The SMILES string of the molecule is C1=CC2=C(n3cnc4cc(-n5cccc5)cc(NC5CCCC5)c43)N=C3N=CN=C4N=C(n5cnc6cc(-n7cccc7)cc(NC7CCCC7)c65)C1=C2CC43. The fourth-order valence-corrected chi connectivity index (χ4v) is 9.60. The van der Waals surface area contributed by atoms with E-state index in [1.54, 1.807) is 6.34 Å². The molecule has 2 N–H and O–H groups in total. The predicted molar refractivity (Wildman–Crippen MR) is 224 cm³/mol. The second kappa shape index (κ2) is 12.5. The molecular formula is C44H40N12. The van der Waals surface area contributed by atoms with Crippen LogP contribution in [0.5, 0.6) is 0 Å². The molecule has 3 aliphatic heterocycles. The lowest BCUT2D eigenvalue weighted by molar-refractivity contribution is 0.756. The van der Waals surface area contributed by atoms with E-state index >= 15 is 0 Å². The van der Waals surface area contributed by atoms with Crippen molar-refractivity contribution in [3.63, 3.8) is 0 Å². The zero-order chi connectivity index (χ0) is 36.7. The maximum Gasteiger partial charge on any atom is 0.148 e. The number of allylic oxidation sites excluding steroid dienone is 5. The number of hydrogen-bond acceptors (Lipinski definition) is 8. The average Bonchev–Trinajstić information content (AvgIpc) is 4.06. The number of nitrogens with zero attached hydrogens (tertiary/aromatic N) is 10. The van der Waals surface area contributed by atoms with Crippen molar-refractivity contribution in [1.29, 1.82) is 0 Å². The summed E-state index contributed by atoms with van der Waals surface area (Å²) < 4.78 is 8.62. The van der Waals surface area contributed by atoms with Gasteiger partial charge in [-0.05, 0) is 86.2 Å². The fraction of sp³-hybridized carbons (Fsp3) is 0.273. The zero-order valence-electron chi connectivity index (χ0n) is 30.9. The van der Waals surface area contributed by atoms with E-state index in [1.165, 1.54) is 31.3 Å². The molecule has 2 bridgehead atoms. The number of aliphatic imine (C=N–C) groups is 4. The summed E-state index contributed by atoms with van der Waals surface area (Å²) in [5, 5.41) is 7.87. The number of nitrogens with one attached hydrogen (secondary N) is 2. The Kier molecular flexibility index (Phi) is 7.08. The molecule has 4 aromatic heterocycles. The standard InChI is InChI=1S/C44H40N12/c1-2-10-27(9-1)49-37-21-29(53-15-5-6-16-53)19-35-39(37)55(25-47-35)43-31-13-14-32-33(31)23-34-41(51-43)45-24-46-42(34)52-44(32)56-26-48-36-20-30(54-17-7-8-18-54)22-38(40(36)56)50-28-11-3-4-12-28/h5-8,13-22,24-28,34,49-50H,1-4,9-12,23H2. The highest BCUT2D eigenvalue weighted by Crippen LogP contribution is 2.44. The number of hydrogen-bond donors (Lipinski definition) is 2. The molecule has 6 aromatic rings. The molecule has 12 rings (SSSR count). The molecule has 12 heteroatoms. The highest BCUT2D eigenvalue weighted by molar-refractivity contribution is 6.23. The molecule has 2 aromatic carbocycles. The molecule has 56 heavy (non-hydrogen) atoms. The molecule has 0 radical (unpaired) electrons. The van der Waals surface area contributed by atoms with Crippen LogP contribution < -0.4 is 10.6 Å². The van der Waals surface area contributed by atoms with Gasteiger partial charge in [-0.3, -0.25) is 9.13 Å². The highest BCUT2D eigenvalue weighted by atomic mass is 15.2. The summed E-state index contributed by atoms with van der Waals surface area (Å²) in [6.07, 6.45) is 28.5. The van der Waals surface area contributed by atoms with Crippen molar-refractivity contribution in [2.24, 2.45) is 25.9 Å². The van der Waals surface area contributed by atoms with Crippen molar-refractivity contribution in [3.05, 3.63) is 115 Å². The summed E-state index contributed by atoms with van der Waals surface area (Å²) in [5.74, 6) is 2.86. The van der Waals surface area contributed by atoms with Gasteiger partial charge >= 0.3 is 0 Å². The molecule has 7 heterocycles. The third-order valence-electron chi connectivity index (χ3n) is 12.3. The summed E-state index contributed by atoms with van der Waals surface area (Å²) in [6, 6.07) is 17.9. The summed E-state index contributed by atoms with van der Waals surface area (Å²) in [4.78, 5) is 30.4. The second-order valence-electron chi connectivity index (χ2n) is 15.7. The van der Waals surface area contributed by atoms with Crippen molar-refractivity contribution >= 4 is 63.1 Å². The van der Waals surface area contributed by atoms with E-state index in [1.807, 2.05) is 12.7 Å². The van der Waals surface area contributed by atoms with Gasteiger partial charge in [-0.2, -0.15) is 0 Å². The van der Waals surface area contributed by atoms with E-state index < -0.39 is 0 Å². The lowest BCUT2D eigenvalue weighted by Crippen LogP contribution is -2.25. The molecule has 276 valence electrons. The number of rotatable bonds is 7. The maximum atomic E-state index is 5.36. The van der Waals surface area contributed by atoms with Crippen molar-refractivity contribution in [3.8, 4) is 11.4 Å². The molecule has 2 fully saturated rings. The Balaban J connectivity index is 1.04. The van der Waals surface area contributed by atoms with Crippen molar-refractivity contribution in [2.45, 2.75) is 69.9 Å². The number of amidine groups is 2. The van der Waals surface area contributed by atoms with Crippen LogP contribution in [0.25, 0.3) is 39.3 Å². The van der Waals surface area contributed by atoms with E-state index in [2.05, 4.69) is 114 Å². The van der Waals surface area contributed by atoms with Gasteiger partial charge in [0.1, 0.15) is 42.3 Å². The van der Waals surface area contributed by atoms with E-state index in [9.17, 15) is 0 Å². The van der Waals surface area contributed by atoms with Crippen LogP contribution in [0.2, 0.25) is 0 Å². The van der Waals surface area contributed by atoms with Gasteiger partial charge in [-0.1, -0.05) is 37.8 Å². The number of benzene rings is 2. The van der Waals surface area contributed by atoms with Crippen LogP contribution in [-0.4, -0.2) is 64.2 Å². The van der Waals surface area contributed by atoms with Crippen molar-refractivity contribution in [2.75, 3.05) is 10.6 Å². The first-order valence-electron chi connectivity index (χ1n) is 20.0. The maximum absolute atomic E-state index is 5.36. The first-order chi connectivity index (χ1) is 27.7. The number of fused-ring (bicyclic) bond motifs is 2. The molecule has 12 nitrogen and oxygen atoms in total. The molecule has 1 atom stereocenters. The van der Waals surface area contributed by atoms with Crippen molar-refractivity contribution < 1.29 is 0 Å². The summed E-state index contributed by atoms with van der Waals surface area (Å²) in [7, 11) is 0. The van der Waals surface area contributed by atoms with E-state index in [0.29, 0.717) is 30.2 Å². The first-order valence-corrected chi connectivity index (χ1v) is 20.0. The summed E-state index contributed by atoms with van der Waals surface area (Å²) in [5.41, 5.74) is 11.4. The van der Waals surface area contributed by atoms with E-state index in [0.717, 1.165) is 93.3 Å². The molecular weight excluding hydrogens is 697 g/mol. The van der Waals surface area contributed by atoms with Gasteiger partial charge in [-0.25, -0.2) is 29.9 Å². The molecule has 0 saturated heterocycles. The van der Waals surface area contributed by atoms with Gasteiger partial charge in [0.2, 0.25) is 0 Å². The zero-order valence-corrected chi connectivity index (χ0v) is 30.9. The average molecular weight is 737 g/mol. The van der Waals surface area contributed by atoms with Gasteiger partial charge in [0, 0.05) is 59.4 Å². The molecule has 3 aliphatic carbocycles. The molecule has 1 unspecified atom stereocenters. The van der Waals surface area contributed by atoms with Gasteiger partial charge in [0.15, 0.2) is 0 Å². The third kappa shape index (κ3) is 5.04. The van der Waals surface area contributed by atoms with Gasteiger partial charge in [0.05, 0.1) is 39.4 Å². The summed E-state index contributed by atoms with van der Waals surface area (Å²) >= 11 is 0. The first kappa shape index (κ1) is 31.8. The van der Waals surface area contributed by atoms with Crippen molar-refractivity contribution in [1.82, 2.24) is 28.2 Å². The quantitative estimate of drug-likeness (QED) is 0.171. The smallest absolute Gasteiger partial charge is 0.148 e. The normalized spacial score (nSPS) is 20.6. The Bertz CT molecular complexity index is 2790. The molecule has 6 aliphatic rings. The number of anilines is 2. The van der Waals surface area contributed by atoms with Gasteiger partial charge < -0.3 is 19.8 Å². The third-order valence-corrected chi connectivity index (χ3v) is 12.3. The lowest BCUT2D eigenvalue weighted by atomic mass is 9.93. The fourth-order valence-electron chi connectivity index (χ4n) is 9.60. The minimum absolute atomic E-state index is 0.188. The van der Waals surface area contributed by atoms with Crippen LogP contribution in [0, 0.1) is 5.92 Å².